The molecule has 7 nitrogen and oxygen atoms in total. The smallest absolute Gasteiger partial charge is 0.267 e. The average molecular weight is 628 g/mol. The van der Waals surface area contributed by atoms with E-state index in [0.29, 0.717) is 12.8 Å². The van der Waals surface area contributed by atoms with Gasteiger partial charge < -0.3 is 15.5 Å². The van der Waals surface area contributed by atoms with Gasteiger partial charge in [0.15, 0.2) is 0 Å². The molecular weight excluding hydrogens is 562 g/mol. The Kier molecular flexibility index (Phi) is 28.2. The Morgan fingerprint density at radius 1 is 0.628 bits per heavy atom. The van der Waals surface area contributed by atoms with Gasteiger partial charge in [-0.05, 0) is 57.8 Å². The van der Waals surface area contributed by atoms with Gasteiger partial charge in [0.1, 0.15) is 6.10 Å². The van der Waals surface area contributed by atoms with Crippen molar-refractivity contribution in [3.05, 3.63) is 36.5 Å². The van der Waals surface area contributed by atoms with Crippen LogP contribution in [0.15, 0.2) is 36.5 Å². The standard InChI is InChI=1S/C35H65NO6S/c1-3-5-7-9-11-13-15-17-18-20-22-24-26-28-30-34(38)35(39)36-32(31-43(40,41)42)33(37)29-27-25-23-21-19-16-14-12-10-8-6-4-2/h13,15,19,21,27,29,32-34,37-38H,3-12,14,16-18,20,22-26,28,30-31H2,1-2H3,(H,36,39)(H,40,41,42)/b15-13-,21-19+,29-27+. The van der Waals surface area contributed by atoms with E-state index >= 15 is 0 Å². The third-order valence-electron chi connectivity index (χ3n) is 7.65. The van der Waals surface area contributed by atoms with Gasteiger partial charge in [-0.3, -0.25) is 9.35 Å². The minimum Gasteiger partial charge on any atom is -0.387 e. The van der Waals surface area contributed by atoms with Crippen molar-refractivity contribution in [2.75, 3.05) is 5.75 Å². The summed E-state index contributed by atoms with van der Waals surface area (Å²) in [5.41, 5.74) is 0. The molecule has 0 heterocycles. The van der Waals surface area contributed by atoms with Crippen LogP contribution in [0.3, 0.4) is 0 Å². The molecule has 3 unspecified atom stereocenters. The predicted molar refractivity (Wildman–Crippen MR) is 181 cm³/mol. The fraction of sp³-hybridized carbons (Fsp3) is 0.800. The molecule has 0 aliphatic carbocycles. The molecule has 43 heavy (non-hydrogen) atoms. The highest BCUT2D eigenvalue weighted by molar-refractivity contribution is 7.85. The highest BCUT2D eigenvalue weighted by atomic mass is 32.2. The Labute approximate surface area is 264 Å². The highest BCUT2D eigenvalue weighted by Gasteiger charge is 2.27. The number of amides is 1. The Bertz CT molecular complexity index is 839. The minimum absolute atomic E-state index is 0.266. The fourth-order valence-electron chi connectivity index (χ4n) is 4.93. The normalized spacial score (nSPS) is 14.6. The number of aliphatic hydroxyl groups excluding tert-OH is 2. The molecular formula is C35H65NO6S. The summed E-state index contributed by atoms with van der Waals surface area (Å²) >= 11 is 0. The van der Waals surface area contributed by atoms with Gasteiger partial charge in [-0.15, -0.1) is 0 Å². The molecule has 0 fully saturated rings. The molecule has 8 heteroatoms. The number of hydrogen-bond acceptors (Lipinski definition) is 5. The van der Waals surface area contributed by atoms with Crippen LogP contribution in [0.1, 0.15) is 155 Å². The summed E-state index contributed by atoms with van der Waals surface area (Å²) in [4.78, 5) is 12.5. The Morgan fingerprint density at radius 3 is 1.56 bits per heavy atom. The summed E-state index contributed by atoms with van der Waals surface area (Å²) in [5, 5.41) is 23.2. The van der Waals surface area contributed by atoms with Gasteiger partial charge in [-0.25, -0.2) is 0 Å². The van der Waals surface area contributed by atoms with Gasteiger partial charge >= 0.3 is 0 Å². The van der Waals surface area contributed by atoms with Gasteiger partial charge in [0.05, 0.1) is 17.9 Å². The second kappa shape index (κ2) is 29.2. The first-order chi connectivity index (χ1) is 20.7. The molecule has 0 saturated heterocycles. The molecule has 0 radical (unpaired) electrons. The van der Waals surface area contributed by atoms with E-state index in [1.807, 2.05) is 0 Å². The third-order valence-corrected chi connectivity index (χ3v) is 8.43. The SMILES string of the molecule is CCCCCC/C=C\CCCCCCCCC(O)C(=O)NC(CS(=O)(=O)O)C(O)/C=C/CC/C=C/CCCCCCCC. The maximum Gasteiger partial charge on any atom is 0.267 e. The maximum atomic E-state index is 12.5. The zero-order valence-corrected chi connectivity index (χ0v) is 28.3. The lowest BCUT2D eigenvalue weighted by molar-refractivity contribution is -0.130. The molecule has 0 bridgehead atoms. The zero-order valence-electron chi connectivity index (χ0n) is 27.4. The van der Waals surface area contributed by atoms with Gasteiger partial charge in [-0.2, -0.15) is 8.42 Å². The van der Waals surface area contributed by atoms with E-state index in [2.05, 4.69) is 43.5 Å². The van der Waals surface area contributed by atoms with Crippen molar-refractivity contribution in [1.82, 2.24) is 5.32 Å². The molecule has 0 aliphatic heterocycles. The lowest BCUT2D eigenvalue weighted by Gasteiger charge is -2.22. The highest BCUT2D eigenvalue weighted by Crippen LogP contribution is 2.12. The van der Waals surface area contributed by atoms with Crippen LogP contribution >= 0.6 is 0 Å². The number of carbonyl (C=O) groups is 1. The molecule has 3 atom stereocenters. The first kappa shape index (κ1) is 41.5. The Hall–Kier alpha value is -1.48. The average Bonchev–Trinajstić information content (AvgIpc) is 2.96. The Balaban J connectivity index is 4.22. The Morgan fingerprint density at radius 2 is 1.05 bits per heavy atom. The number of nitrogens with one attached hydrogen (secondary N) is 1. The quantitative estimate of drug-likeness (QED) is 0.0360. The van der Waals surface area contributed by atoms with E-state index in [-0.39, 0.29) is 6.42 Å². The van der Waals surface area contributed by atoms with Crippen LogP contribution in [0.2, 0.25) is 0 Å². The molecule has 0 aliphatic rings. The van der Waals surface area contributed by atoms with Crippen molar-refractivity contribution in [2.24, 2.45) is 0 Å². The van der Waals surface area contributed by atoms with Crippen LogP contribution in [-0.2, 0) is 14.9 Å². The van der Waals surface area contributed by atoms with Crippen LogP contribution in [-0.4, -0.2) is 53.1 Å². The number of aliphatic hydroxyl groups is 2. The van der Waals surface area contributed by atoms with Crippen molar-refractivity contribution in [3.8, 4) is 0 Å². The van der Waals surface area contributed by atoms with Crippen molar-refractivity contribution >= 4 is 16.0 Å². The zero-order chi connectivity index (χ0) is 32.0. The van der Waals surface area contributed by atoms with E-state index in [4.69, 9.17) is 0 Å². The van der Waals surface area contributed by atoms with Crippen LogP contribution in [0, 0.1) is 0 Å². The number of carbonyl (C=O) groups excluding carboxylic acids is 1. The van der Waals surface area contributed by atoms with Crippen LogP contribution < -0.4 is 5.32 Å². The topological polar surface area (TPSA) is 124 Å². The predicted octanol–water partition coefficient (Wildman–Crippen LogP) is 8.37. The lowest BCUT2D eigenvalue weighted by atomic mass is 10.0. The number of hydrogen-bond donors (Lipinski definition) is 4. The number of rotatable bonds is 30. The largest absolute Gasteiger partial charge is 0.387 e. The summed E-state index contributed by atoms with van der Waals surface area (Å²) in [6.07, 6.45) is 33.4. The number of allylic oxidation sites excluding steroid dienone is 5. The molecule has 1 amide bonds. The molecule has 0 aromatic carbocycles. The monoisotopic (exact) mass is 627 g/mol. The van der Waals surface area contributed by atoms with E-state index in [0.717, 1.165) is 38.5 Å². The van der Waals surface area contributed by atoms with E-state index in [1.54, 1.807) is 6.08 Å². The second-order valence-electron chi connectivity index (χ2n) is 11.9. The van der Waals surface area contributed by atoms with Crippen molar-refractivity contribution in [3.63, 3.8) is 0 Å². The minimum atomic E-state index is -4.44. The molecule has 0 aromatic heterocycles. The van der Waals surface area contributed by atoms with Crippen molar-refractivity contribution < 1.29 is 28.0 Å². The summed E-state index contributed by atoms with van der Waals surface area (Å²) < 4.78 is 32.3. The molecule has 0 rings (SSSR count). The fourth-order valence-corrected chi connectivity index (χ4v) is 5.67. The first-order valence-electron chi connectivity index (χ1n) is 17.3. The van der Waals surface area contributed by atoms with Crippen LogP contribution in [0.25, 0.3) is 0 Å². The summed E-state index contributed by atoms with van der Waals surface area (Å²) in [6.45, 7) is 4.44. The van der Waals surface area contributed by atoms with Gasteiger partial charge in [0.25, 0.3) is 10.1 Å². The molecule has 0 saturated carbocycles. The first-order valence-corrected chi connectivity index (χ1v) is 18.9. The van der Waals surface area contributed by atoms with Crippen molar-refractivity contribution in [1.29, 1.82) is 0 Å². The maximum absolute atomic E-state index is 12.5. The van der Waals surface area contributed by atoms with Gasteiger partial charge in [0.2, 0.25) is 5.91 Å². The molecule has 0 spiro atoms. The van der Waals surface area contributed by atoms with Crippen LogP contribution in [0.4, 0.5) is 0 Å². The molecule has 4 N–H and O–H groups in total. The van der Waals surface area contributed by atoms with E-state index < -0.39 is 40.0 Å². The lowest BCUT2D eigenvalue weighted by Crippen LogP contribution is -2.50. The van der Waals surface area contributed by atoms with E-state index in [9.17, 15) is 28.0 Å². The third kappa shape index (κ3) is 29.0. The molecule has 0 aromatic rings. The summed E-state index contributed by atoms with van der Waals surface area (Å²) in [5.74, 6) is -1.57. The summed E-state index contributed by atoms with van der Waals surface area (Å²) in [6, 6.07) is -1.25. The van der Waals surface area contributed by atoms with Gasteiger partial charge in [0, 0.05) is 0 Å². The molecule has 252 valence electrons. The van der Waals surface area contributed by atoms with E-state index in [1.165, 1.54) is 89.5 Å². The summed E-state index contributed by atoms with van der Waals surface area (Å²) in [7, 11) is -4.44. The van der Waals surface area contributed by atoms with Gasteiger partial charge in [-0.1, -0.05) is 134 Å². The second-order valence-corrected chi connectivity index (χ2v) is 13.4. The van der Waals surface area contributed by atoms with Crippen LogP contribution in [0.5, 0.6) is 0 Å². The van der Waals surface area contributed by atoms with Crippen molar-refractivity contribution in [2.45, 2.75) is 173 Å². The number of unbranched alkanes of at least 4 members (excludes halogenated alkanes) is 17.